The van der Waals surface area contributed by atoms with Crippen LogP contribution in [0.15, 0.2) is 31.2 Å². The summed E-state index contributed by atoms with van der Waals surface area (Å²) in [6, 6.07) is 1.49. The molecule has 2 bridgehead atoms. The van der Waals surface area contributed by atoms with Crippen LogP contribution < -0.4 is 11.5 Å². The van der Waals surface area contributed by atoms with Crippen molar-refractivity contribution in [3.05, 3.63) is 31.2 Å². The van der Waals surface area contributed by atoms with Gasteiger partial charge >= 0.3 is 13.5 Å². The van der Waals surface area contributed by atoms with Gasteiger partial charge in [0.2, 0.25) is 6.30 Å². The summed E-state index contributed by atoms with van der Waals surface area (Å²) in [5.41, 5.74) is 12.4. The highest BCUT2D eigenvalue weighted by Crippen LogP contribution is 2.57. The fourth-order valence-electron chi connectivity index (χ4n) is 4.89. The number of aliphatic hydroxyl groups excluding tert-OH is 1. The van der Waals surface area contributed by atoms with Gasteiger partial charge in [-0.25, -0.2) is 33.9 Å². The van der Waals surface area contributed by atoms with Crippen LogP contribution in [0, 0.1) is 0 Å². The lowest BCUT2D eigenvalue weighted by atomic mass is 10.1. The molecule has 2 fully saturated rings. The molecule has 6 heterocycles. The minimum atomic E-state index is -4.42. The Kier molecular flexibility index (Phi) is 8.68. The largest absolute Gasteiger partial charge is 0.387 e. The lowest BCUT2D eigenvalue weighted by Crippen LogP contribution is -2.39. The number of halogens is 1. The van der Waals surface area contributed by atoms with Gasteiger partial charge in [-0.3, -0.25) is 22.7 Å². The van der Waals surface area contributed by atoms with Crippen molar-refractivity contribution in [1.29, 1.82) is 0 Å². The first kappa shape index (κ1) is 31.6. The van der Waals surface area contributed by atoms with Crippen LogP contribution in [0.2, 0.25) is 0 Å². The predicted molar refractivity (Wildman–Crippen MR) is 157 cm³/mol. The summed E-state index contributed by atoms with van der Waals surface area (Å²) in [6.45, 7) is -9.83. The van der Waals surface area contributed by atoms with Gasteiger partial charge in [-0.05, 0) is 17.9 Å². The number of hydrogen-bond acceptors (Lipinski definition) is 16. The van der Waals surface area contributed by atoms with Crippen LogP contribution in [0.1, 0.15) is 12.5 Å². The number of hydrogen-bond donors (Lipinski definition) is 5. The molecule has 0 radical (unpaired) electrons. The molecule has 0 aromatic carbocycles. The van der Waals surface area contributed by atoms with Gasteiger partial charge in [0, 0.05) is 13.3 Å². The number of nitrogens with two attached hydrogens (primary N) is 2. The maximum atomic E-state index is 16.3. The lowest BCUT2D eigenvalue weighted by Gasteiger charge is -2.32. The molecular weight excluding hydrogens is 667 g/mol. The highest BCUT2D eigenvalue weighted by Gasteiger charge is 2.50. The van der Waals surface area contributed by atoms with E-state index < -0.39 is 69.8 Å². The van der Waals surface area contributed by atoms with Crippen molar-refractivity contribution in [1.82, 2.24) is 34.1 Å². The van der Waals surface area contributed by atoms with Crippen molar-refractivity contribution >= 4 is 71.4 Å². The molecule has 6 rings (SSSR count). The van der Waals surface area contributed by atoms with Crippen LogP contribution in [0.5, 0.6) is 0 Å². The normalized spacial score (nSPS) is 34.4. The highest BCUT2D eigenvalue weighted by atomic mass is 32.7. The molecule has 18 nitrogen and oxygen atoms in total. The van der Waals surface area contributed by atoms with Gasteiger partial charge in [0.15, 0.2) is 17.7 Å². The fraction of sp³-hybridized carbons (Fsp3) is 0.476. The molecule has 4 aromatic heterocycles. The summed E-state index contributed by atoms with van der Waals surface area (Å²) in [5.74, 6) is 0.196. The van der Waals surface area contributed by atoms with E-state index in [4.69, 9.17) is 50.8 Å². The number of fused-ring (bicyclic) bond motifs is 4. The molecular formula is C21H26FN9O9P2S2. The van der Waals surface area contributed by atoms with E-state index in [2.05, 4.69) is 37.2 Å². The Morgan fingerprint density at radius 2 is 1.86 bits per heavy atom. The second-order valence-corrected chi connectivity index (χ2v) is 15.3. The van der Waals surface area contributed by atoms with E-state index in [-0.39, 0.29) is 28.4 Å². The Balaban J connectivity index is 1.33. The summed E-state index contributed by atoms with van der Waals surface area (Å²) >= 11 is 9.28. The third-order valence-corrected chi connectivity index (χ3v) is 10.2. The third-order valence-electron chi connectivity index (χ3n) is 7.03. The number of thiol groups is 1. The molecule has 0 aliphatic carbocycles. The van der Waals surface area contributed by atoms with Crippen LogP contribution >= 0.6 is 25.8 Å². The van der Waals surface area contributed by atoms with Gasteiger partial charge in [-0.2, -0.15) is 0 Å². The standard InChI is InChI=1S/C21H26FN9O9P2S2/c1-35-11-5-37-42(34,44)40-15-13(32)10(38-21(15)31-8-29-12-18(24)26-7-28-20(12)31)4-36-41(33,43)39-14(11)16(22)30-3-2-9-17(23)25-6-27-19(9)30/h2-3,6-8,10-11,13-16,21,32H,4-5H2,1H3,(H,33,43)(H,34,44)(H2,23,25,27)(H2,24,26,28)/t10-,11-,13-,14-,15-,16+,21-,41?,42?/m1/s1. The molecule has 23 heteroatoms. The van der Waals surface area contributed by atoms with E-state index in [1.807, 2.05) is 0 Å². The van der Waals surface area contributed by atoms with Gasteiger partial charge in [-0.1, -0.05) is 12.2 Å². The Labute approximate surface area is 257 Å². The first-order chi connectivity index (χ1) is 20.9. The van der Waals surface area contributed by atoms with Crippen molar-refractivity contribution in [3.8, 4) is 0 Å². The molecule has 0 spiro atoms. The number of rotatable bonds is 4. The first-order valence-corrected chi connectivity index (χ1v) is 18.0. The van der Waals surface area contributed by atoms with Gasteiger partial charge < -0.3 is 35.5 Å². The van der Waals surface area contributed by atoms with E-state index in [1.54, 1.807) is 0 Å². The molecule has 44 heavy (non-hydrogen) atoms. The van der Waals surface area contributed by atoms with Gasteiger partial charge in [0.25, 0.3) is 0 Å². The van der Waals surface area contributed by atoms with Crippen LogP contribution in [-0.2, 0) is 43.9 Å². The van der Waals surface area contributed by atoms with E-state index in [9.17, 15) is 14.6 Å². The van der Waals surface area contributed by atoms with E-state index in [0.717, 1.165) is 10.9 Å². The van der Waals surface area contributed by atoms with Crippen molar-refractivity contribution in [2.45, 2.75) is 43.0 Å². The molecule has 2 aliphatic rings. The average molecular weight is 694 g/mol. The Morgan fingerprint density at radius 3 is 2.61 bits per heavy atom. The maximum absolute atomic E-state index is 16.3. The predicted octanol–water partition coefficient (Wildman–Crippen LogP) is 1.25. The number of anilines is 2. The van der Waals surface area contributed by atoms with Crippen molar-refractivity contribution in [2.75, 3.05) is 31.8 Å². The van der Waals surface area contributed by atoms with Crippen molar-refractivity contribution in [3.63, 3.8) is 0 Å². The minimum Gasteiger partial charge on any atom is -0.387 e. The summed E-state index contributed by atoms with van der Waals surface area (Å²) in [4.78, 5) is 31.3. The minimum absolute atomic E-state index is 0.0886. The van der Waals surface area contributed by atoms with Crippen LogP contribution in [0.25, 0.3) is 22.2 Å². The summed E-state index contributed by atoms with van der Waals surface area (Å²) in [5, 5.41) is 11.5. The topological polar surface area (TPSA) is 239 Å². The van der Waals surface area contributed by atoms with Crippen LogP contribution in [0.4, 0.5) is 16.0 Å². The zero-order chi connectivity index (χ0) is 31.4. The van der Waals surface area contributed by atoms with E-state index in [0.29, 0.717) is 5.39 Å². The molecule has 0 saturated carbocycles. The SMILES string of the molecule is CO[C@@H]1COP(O)(=S)O[C@@H]2[C@H](O)[C@@H](COP(=O)(S)O[C@H]1[C@@H](F)n1ccc3c(N)ncnc31)O[C@H]2n1cnc2c(N)ncnc21. The fourth-order valence-corrected chi connectivity index (χ4v) is 7.77. The van der Waals surface area contributed by atoms with Crippen molar-refractivity contribution < 1.29 is 46.5 Å². The summed E-state index contributed by atoms with van der Waals surface area (Å²) in [6.07, 6.45) is -5.56. The number of alkyl halides is 1. The van der Waals surface area contributed by atoms with Crippen LogP contribution in [-0.4, -0.2) is 94.9 Å². The molecule has 2 aliphatic heterocycles. The maximum Gasteiger partial charge on any atom is 0.386 e. The number of methoxy groups -OCH3 is 1. The third kappa shape index (κ3) is 5.95. The Hall–Kier alpha value is -2.39. The monoisotopic (exact) mass is 693 g/mol. The Morgan fingerprint density at radius 1 is 1.14 bits per heavy atom. The zero-order valence-corrected chi connectivity index (χ0v) is 26.0. The number of nitrogens with zero attached hydrogens (tertiary/aromatic N) is 7. The smallest absolute Gasteiger partial charge is 0.386 e. The second kappa shape index (κ2) is 12.1. The van der Waals surface area contributed by atoms with Gasteiger partial charge in [0.1, 0.15) is 60.2 Å². The highest BCUT2D eigenvalue weighted by molar-refractivity contribution is 8.44. The summed E-state index contributed by atoms with van der Waals surface area (Å²) in [7, 11) is 1.21. The lowest BCUT2D eigenvalue weighted by molar-refractivity contribution is -0.0853. The molecule has 2 unspecified atom stereocenters. The van der Waals surface area contributed by atoms with Gasteiger partial charge in [0.05, 0.1) is 24.9 Å². The second-order valence-electron chi connectivity index (χ2n) is 9.67. The molecule has 9 atom stereocenters. The molecule has 6 N–H and O–H groups in total. The van der Waals surface area contributed by atoms with E-state index >= 15 is 4.39 Å². The number of aromatic nitrogens is 7. The summed E-state index contributed by atoms with van der Waals surface area (Å²) < 4.78 is 65.9. The van der Waals surface area contributed by atoms with Gasteiger partial charge in [-0.15, -0.1) is 0 Å². The van der Waals surface area contributed by atoms with E-state index in [1.165, 1.54) is 36.6 Å². The first-order valence-electron chi connectivity index (χ1n) is 12.7. The molecule has 2 saturated heterocycles. The molecule has 238 valence electrons. The van der Waals surface area contributed by atoms with Crippen molar-refractivity contribution in [2.24, 2.45) is 0 Å². The quantitative estimate of drug-likeness (QED) is 0.149. The molecule has 0 amide bonds. The number of nitrogen functional groups attached to an aromatic ring is 2. The molecule has 4 aromatic rings. The Bertz CT molecular complexity index is 1790. The van der Waals surface area contributed by atoms with Crippen LogP contribution in [0.3, 0.4) is 0 Å². The number of ether oxygens (including phenoxy) is 2. The number of aliphatic hydroxyl groups is 1. The zero-order valence-electron chi connectivity index (χ0n) is 22.5. The average Bonchev–Trinajstić information content (AvgIpc) is 3.68. The number of imidazole rings is 1.